The lowest BCUT2D eigenvalue weighted by molar-refractivity contribution is 0.192. The average Bonchev–Trinajstić information content (AvgIpc) is 2.87. The van der Waals surface area contributed by atoms with Gasteiger partial charge in [0.1, 0.15) is 5.82 Å². The first-order chi connectivity index (χ1) is 9.97. The summed E-state index contributed by atoms with van der Waals surface area (Å²) in [6.07, 6.45) is 1.87. The molecule has 0 aromatic heterocycles. The molecular formula is C17H25FN2O. The van der Waals surface area contributed by atoms with Crippen molar-refractivity contribution in [2.24, 2.45) is 0 Å². The van der Waals surface area contributed by atoms with E-state index in [-0.39, 0.29) is 5.82 Å². The normalized spacial score (nSPS) is 27.8. The molecule has 2 aliphatic heterocycles. The van der Waals surface area contributed by atoms with Crippen LogP contribution in [0, 0.1) is 12.7 Å². The van der Waals surface area contributed by atoms with Crippen LogP contribution >= 0.6 is 0 Å². The Bertz CT molecular complexity index is 532. The smallest absolute Gasteiger partial charge is 0.126 e. The van der Waals surface area contributed by atoms with Gasteiger partial charge in [0.15, 0.2) is 0 Å². The first-order valence-electron chi connectivity index (χ1n) is 7.96. The van der Waals surface area contributed by atoms with Crippen molar-refractivity contribution in [1.29, 1.82) is 0 Å². The number of rotatable bonds is 2. The number of hydrogen-bond donors (Lipinski definition) is 1. The number of nitrogens with zero attached hydrogens (tertiary/aromatic N) is 2. The lowest BCUT2D eigenvalue weighted by Gasteiger charge is -2.44. The molecule has 3 atom stereocenters. The Balaban J connectivity index is 1.97. The standard InChI is InChI=1S/C17H25FN2O/c1-11-7-17(15(13(3)21)8-16(11)18)20-10-14-5-4-6-19(14)9-12(20)2/h7-8,12-14,21H,4-6,9-10H2,1-3H3/t12?,13-,14?/m1/s1. The van der Waals surface area contributed by atoms with Crippen LogP contribution in [0.5, 0.6) is 0 Å². The van der Waals surface area contributed by atoms with E-state index in [9.17, 15) is 9.50 Å². The summed E-state index contributed by atoms with van der Waals surface area (Å²) in [5.74, 6) is -0.234. The Morgan fingerprint density at radius 1 is 1.33 bits per heavy atom. The molecule has 0 aliphatic carbocycles. The second kappa shape index (κ2) is 5.58. The number of piperazine rings is 1. The quantitative estimate of drug-likeness (QED) is 0.908. The van der Waals surface area contributed by atoms with E-state index in [4.69, 9.17) is 0 Å². The minimum atomic E-state index is -0.649. The van der Waals surface area contributed by atoms with Gasteiger partial charge in [-0.2, -0.15) is 0 Å². The van der Waals surface area contributed by atoms with E-state index in [0.29, 0.717) is 23.2 Å². The van der Waals surface area contributed by atoms with Gasteiger partial charge in [-0.25, -0.2) is 4.39 Å². The number of aryl methyl sites for hydroxylation is 1. The van der Waals surface area contributed by atoms with Crippen molar-refractivity contribution in [3.63, 3.8) is 0 Å². The summed E-state index contributed by atoms with van der Waals surface area (Å²) in [4.78, 5) is 4.93. The maximum atomic E-state index is 13.9. The summed E-state index contributed by atoms with van der Waals surface area (Å²) in [7, 11) is 0. The zero-order chi connectivity index (χ0) is 15.1. The van der Waals surface area contributed by atoms with Gasteiger partial charge in [-0.15, -0.1) is 0 Å². The van der Waals surface area contributed by atoms with E-state index >= 15 is 0 Å². The Kier molecular flexibility index (Phi) is 3.93. The molecule has 0 radical (unpaired) electrons. The summed E-state index contributed by atoms with van der Waals surface area (Å²) in [5, 5.41) is 10.0. The SMILES string of the molecule is Cc1cc(N2CC3CCCN3CC2C)c([C@@H](C)O)cc1F. The van der Waals surface area contributed by atoms with Crippen LogP contribution in [0.15, 0.2) is 12.1 Å². The minimum Gasteiger partial charge on any atom is -0.389 e. The molecule has 1 aromatic rings. The monoisotopic (exact) mass is 292 g/mol. The van der Waals surface area contributed by atoms with E-state index in [2.05, 4.69) is 16.7 Å². The van der Waals surface area contributed by atoms with E-state index in [0.717, 1.165) is 18.8 Å². The van der Waals surface area contributed by atoms with Crippen molar-refractivity contribution < 1.29 is 9.50 Å². The highest BCUT2D eigenvalue weighted by atomic mass is 19.1. The number of benzene rings is 1. The van der Waals surface area contributed by atoms with Crippen molar-refractivity contribution in [3.05, 3.63) is 29.1 Å². The zero-order valence-electron chi connectivity index (χ0n) is 13.1. The summed E-state index contributed by atoms with van der Waals surface area (Å²) < 4.78 is 13.9. The van der Waals surface area contributed by atoms with Gasteiger partial charge in [0.25, 0.3) is 0 Å². The molecule has 2 fully saturated rings. The van der Waals surface area contributed by atoms with Gasteiger partial charge in [-0.3, -0.25) is 4.90 Å². The molecule has 1 aromatic carbocycles. The zero-order valence-corrected chi connectivity index (χ0v) is 13.1. The highest BCUT2D eigenvalue weighted by molar-refractivity contribution is 5.58. The highest BCUT2D eigenvalue weighted by Crippen LogP contribution is 2.34. The first-order valence-corrected chi connectivity index (χ1v) is 7.96. The number of aliphatic hydroxyl groups excluding tert-OH is 1. The lowest BCUT2D eigenvalue weighted by atomic mass is 10.00. The van der Waals surface area contributed by atoms with Crippen molar-refractivity contribution >= 4 is 5.69 Å². The molecule has 0 bridgehead atoms. The fourth-order valence-corrected chi connectivity index (χ4v) is 3.79. The molecule has 2 saturated heterocycles. The lowest BCUT2D eigenvalue weighted by Crippen LogP contribution is -2.55. The van der Waals surface area contributed by atoms with Gasteiger partial charge in [-0.1, -0.05) is 0 Å². The van der Waals surface area contributed by atoms with E-state index in [1.165, 1.54) is 25.5 Å². The minimum absolute atomic E-state index is 0.234. The Hall–Kier alpha value is -1.13. The topological polar surface area (TPSA) is 26.7 Å². The molecule has 2 aliphatic rings. The number of anilines is 1. The Morgan fingerprint density at radius 2 is 2.10 bits per heavy atom. The van der Waals surface area contributed by atoms with Crippen LogP contribution in [-0.4, -0.2) is 41.7 Å². The molecule has 3 nitrogen and oxygen atoms in total. The molecule has 4 heteroatoms. The maximum absolute atomic E-state index is 13.9. The summed E-state index contributed by atoms with van der Waals surface area (Å²) >= 11 is 0. The third kappa shape index (κ3) is 2.67. The van der Waals surface area contributed by atoms with Gasteiger partial charge in [0.2, 0.25) is 0 Å². The fourth-order valence-electron chi connectivity index (χ4n) is 3.79. The second-order valence-electron chi connectivity index (χ2n) is 6.63. The van der Waals surface area contributed by atoms with Crippen LogP contribution in [-0.2, 0) is 0 Å². The fraction of sp³-hybridized carbons (Fsp3) is 0.647. The third-order valence-corrected chi connectivity index (χ3v) is 5.00. The highest BCUT2D eigenvalue weighted by Gasteiger charge is 2.35. The summed E-state index contributed by atoms with van der Waals surface area (Å²) in [6, 6.07) is 4.40. The largest absolute Gasteiger partial charge is 0.389 e. The molecule has 0 spiro atoms. The molecule has 0 amide bonds. The van der Waals surface area contributed by atoms with Crippen molar-refractivity contribution in [1.82, 2.24) is 4.90 Å². The van der Waals surface area contributed by atoms with Crippen LogP contribution in [0.25, 0.3) is 0 Å². The van der Waals surface area contributed by atoms with Crippen LogP contribution in [0.3, 0.4) is 0 Å². The van der Waals surface area contributed by atoms with Crippen molar-refractivity contribution in [3.8, 4) is 0 Å². The Labute approximate surface area is 126 Å². The molecular weight excluding hydrogens is 267 g/mol. The average molecular weight is 292 g/mol. The molecule has 3 rings (SSSR count). The molecule has 2 heterocycles. The predicted molar refractivity (Wildman–Crippen MR) is 83.2 cm³/mol. The second-order valence-corrected chi connectivity index (χ2v) is 6.63. The number of fused-ring (bicyclic) bond motifs is 1. The van der Waals surface area contributed by atoms with E-state index in [1.54, 1.807) is 13.8 Å². The van der Waals surface area contributed by atoms with Crippen molar-refractivity contribution in [2.45, 2.75) is 51.8 Å². The van der Waals surface area contributed by atoms with E-state index < -0.39 is 6.10 Å². The first kappa shape index (κ1) is 14.8. The maximum Gasteiger partial charge on any atom is 0.126 e. The number of aliphatic hydroxyl groups is 1. The Morgan fingerprint density at radius 3 is 2.81 bits per heavy atom. The number of halogens is 1. The molecule has 0 saturated carbocycles. The number of hydrogen-bond acceptors (Lipinski definition) is 3. The third-order valence-electron chi connectivity index (χ3n) is 5.00. The predicted octanol–water partition coefficient (Wildman–Crippen LogP) is 2.86. The van der Waals surface area contributed by atoms with Crippen LogP contribution in [0.1, 0.15) is 43.9 Å². The molecule has 2 unspecified atom stereocenters. The van der Waals surface area contributed by atoms with Crippen LogP contribution < -0.4 is 4.90 Å². The summed E-state index contributed by atoms with van der Waals surface area (Å²) in [6.45, 7) is 8.96. The van der Waals surface area contributed by atoms with Gasteiger partial charge in [0, 0.05) is 36.4 Å². The van der Waals surface area contributed by atoms with Crippen molar-refractivity contribution in [2.75, 3.05) is 24.5 Å². The van der Waals surface area contributed by atoms with Crippen LogP contribution in [0.2, 0.25) is 0 Å². The van der Waals surface area contributed by atoms with Gasteiger partial charge in [-0.05, 0) is 57.9 Å². The summed E-state index contributed by atoms with van der Waals surface area (Å²) in [5.41, 5.74) is 2.36. The van der Waals surface area contributed by atoms with Gasteiger partial charge in [0.05, 0.1) is 6.10 Å². The van der Waals surface area contributed by atoms with Gasteiger partial charge < -0.3 is 10.0 Å². The van der Waals surface area contributed by atoms with Crippen LogP contribution in [0.4, 0.5) is 10.1 Å². The molecule has 21 heavy (non-hydrogen) atoms. The molecule has 116 valence electrons. The van der Waals surface area contributed by atoms with E-state index in [1.807, 2.05) is 6.07 Å². The molecule has 1 N–H and O–H groups in total. The van der Waals surface area contributed by atoms with Gasteiger partial charge >= 0.3 is 0 Å².